The number of nitrogens with zero attached hydrogens (tertiary/aromatic N) is 2. The van der Waals surface area contributed by atoms with Crippen molar-refractivity contribution in [2.45, 2.75) is 38.0 Å². The summed E-state index contributed by atoms with van der Waals surface area (Å²) < 4.78 is 32.8. The molecule has 2 heterocycles. The van der Waals surface area contributed by atoms with Crippen LogP contribution < -0.4 is 9.46 Å². The van der Waals surface area contributed by atoms with Crippen LogP contribution >= 0.6 is 0 Å². The van der Waals surface area contributed by atoms with Gasteiger partial charge in [0, 0.05) is 30.9 Å². The average Bonchev–Trinajstić information content (AvgIpc) is 3.12. The van der Waals surface area contributed by atoms with Crippen molar-refractivity contribution in [1.29, 1.82) is 0 Å². The molecule has 1 fully saturated rings. The van der Waals surface area contributed by atoms with Crippen LogP contribution in [-0.2, 0) is 16.4 Å². The minimum Gasteiger partial charge on any atom is -0.497 e. The number of piperidine rings is 1. The molecule has 0 unspecified atom stereocenters. The van der Waals surface area contributed by atoms with Gasteiger partial charge in [0.05, 0.1) is 12.0 Å². The molecule has 3 rings (SSSR count). The number of nitrogens with one attached hydrogen (secondary N) is 2. The first kappa shape index (κ1) is 21.3. The van der Waals surface area contributed by atoms with Crippen LogP contribution in [0.3, 0.4) is 0 Å². The highest BCUT2D eigenvalue weighted by Crippen LogP contribution is 2.21. The van der Waals surface area contributed by atoms with Crippen molar-refractivity contribution >= 4 is 15.9 Å². The van der Waals surface area contributed by atoms with Crippen LogP contribution in [0.2, 0.25) is 0 Å². The van der Waals surface area contributed by atoms with E-state index in [9.17, 15) is 13.2 Å². The van der Waals surface area contributed by atoms with Gasteiger partial charge in [0.2, 0.25) is 10.0 Å². The molecule has 0 bridgehead atoms. The van der Waals surface area contributed by atoms with E-state index >= 15 is 0 Å². The van der Waals surface area contributed by atoms with Crippen molar-refractivity contribution in [1.82, 2.24) is 19.8 Å². The summed E-state index contributed by atoms with van der Waals surface area (Å²) in [6, 6.07) is 6.27. The third-order valence-electron chi connectivity index (χ3n) is 5.40. The maximum absolute atomic E-state index is 12.9. The van der Waals surface area contributed by atoms with E-state index in [0.29, 0.717) is 24.5 Å². The fraction of sp³-hybridized carbons (Fsp3) is 0.500. The van der Waals surface area contributed by atoms with Gasteiger partial charge in [-0.2, -0.15) is 5.10 Å². The number of aromatic nitrogens is 2. The van der Waals surface area contributed by atoms with Crippen LogP contribution in [0.1, 0.15) is 41.5 Å². The van der Waals surface area contributed by atoms with Crippen molar-refractivity contribution in [3.8, 4) is 5.75 Å². The number of H-pyrrole nitrogens is 1. The second-order valence-electron chi connectivity index (χ2n) is 7.32. The second-order valence-corrected chi connectivity index (χ2v) is 9.08. The number of methoxy groups -OCH3 is 1. The summed E-state index contributed by atoms with van der Waals surface area (Å²) in [7, 11) is -2.07. The molecule has 1 aromatic heterocycles. The van der Waals surface area contributed by atoms with Gasteiger partial charge in [0.25, 0.3) is 5.91 Å². The van der Waals surface area contributed by atoms with Gasteiger partial charge in [-0.05, 0) is 56.4 Å². The Balaban J connectivity index is 1.61. The Hall–Kier alpha value is -2.39. The SMILES string of the molecule is CCc1[nH]nc(C(=O)N2CCC[C@@H](CNS(=O)(=O)c3ccc(OC)cc3)C2)c1C. The predicted molar refractivity (Wildman–Crippen MR) is 110 cm³/mol. The van der Waals surface area contributed by atoms with Crippen LogP contribution in [-0.4, -0.2) is 56.2 Å². The molecule has 29 heavy (non-hydrogen) atoms. The van der Waals surface area contributed by atoms with Gasteiger partial charge < -0.3 is 9.64 Å². The quantitative estimate of drug-likeness (QED) is 0.714. The standard InChI is InChI=1S/C20H28N4O4S/c1-4-18-14(2)19(23-22-18)20(25)24-11-5-6-15(13-24)12-21-29(26,27)17-9-7-16(28-3)8-10-17/h7-10,15,21H,4-6,11-13H2,1-3H3,(H,22,23)/t15-/m0/s1. The maximum Gasteiger partial charge on any atom is 0.274 e. The van der Waals surface area contributed by atoms with E-state index in [-0.39, 0.29) is 23.3 Å². The lowest BCUT2D eigenvalue weighted by Crippen LogP contribution is -2.44. The summed E-state index contributed by atoms with van der Waals surface area (Å²) in [5, 5.41) is 7.12. The maximum atomic E-state index is 12.9. The molecule has 9 heteroatoms. The average molecular weight is 421 g/mol. The Bertz CT molecular complexity index is 953. The number of ether oxygens (including phenoxy) is 1. The van der Waals surface area contributed by atoms with Crippen molar-refractivity contribution in [3.05, 3.63) is 41.2 Å². The first-order chi connectivity index (χ1) is 13.9. The summed E-state index contributed by atoms with van der Waals surface area (Å²) in [5.74, 6) is 0.567. The fourth-order valence-electron chi connectivity index (χ4n) is 3.62. The molecular formula is C20H28N4O4S. The number of likely N-dealkylation sites (tertiary alicyclic amines) is 1. The first-order valence-corrected chi connectivity index (χ1v) is 11.3. The molecule has 1 atom stereocenters. The molecular weight excluding hydrogens is 392 g/mol. The largest absolute Gasteiger partial charge is 0.497 e. The zero-order valence-corrected chi connectivity index (χ0v) is 17.9. The molecule has 8 nitrogen and oxygen atoms in total. The van der Waals surface area contributed by atoms with Gasteiger partial charge in [-0.25, -0.2) is 13.1 Å². The van der Waals surface area contributed by atoms with Crippen LogP contribution in [0.4, 0.5) is 0 Å². The Morgan fingerprint density at radius 3 is 2.69 bits per heavy atom. The zero-order valence-electron chi connectivity index (χ0n) is 17.1. The Kier molecular flexibility index (Phi) is 6.59. The van der Waals surface area contributed by atoms with Gasteiger partial charge in [-0.15, -0.1) is 0 Å². The molecule has 1 aliphatic rings. The minimum atomic E-state index is -3.61. The van der Waals surface area contributed by atoms with Gasteiger partial charge in [-0.1, -0.05) is 6.92 Å². The lowest BCUT2D eigenvalue weighted by molar-refractivity contribution is 0.0669. The summed E-state index contributed by atoms with van der Waals surface area (Å²) in [6.07, 6.45) is 2.50. The van der Waals surface area contributed by atoms with E-state index in [1.165, 1.54) is 19.2 Å². The molecule has 2 aromatic rings. The van der Waals surface area contributed by atoms with Gasteiger partial charge in [0.1, 0.15) is 5.75 Å². The lowest BCUT2D eigenvalue weighted by atomic mass is 9.98. The van der Waals surface area contributed by atoms with Crippen molar-refractivity contribution in [3.63, 3.8) is 0 Å². The van der Waals surface area contributed by atoms with Crippen LogP contribution in [0.25, 0.3) is 0 Å². The van der Waals surface area contributed by atoms with Crippen molar-refractivity contribution in [2.75, 3.05) is 26.7 Å². The Labute approximate surface area is 171 Å². The van der Waals surface area contributed by atoms with Crippen molar-refractivity contribution < 1.29 is 17.9 Å². The number of sulfonamides is 1. The second kappa shape index (κ2) is 8.96. The van der Waals surface area contributed by atoms with Crippen LogP contribution in [0, 0.1) is 12.8 Å². The number of carbonyl (C=O) groups excluding carboxylic acids is 1. The molecule has 1 amide bonds. The molecule has 1 aliphatic heterocycles. The fourth-order valence-corrected chi connectivity index (χ4v) is 4.73. The van der Waals surface area contributed by atoms with E-state index in [2.05, 4.69) is 14.9 Å². The van der Waals surface area contributed by atoms with Gasteiger partial charge in [-0.3, -0.25) is 9.89 Å². The predicted octanol–water partition coefficient (Wildman–Crippen LogP) is 2.12. The number of benzene rings is 1. The Morgan fingerprint density at radius 1 is 1.34 bits per heavy atom. The third-order valence-corrected chi connectivity index (χ3v) is 6.84. The number of aromatic amines is 1. The number of amides is 1. The van der Waals surface area contributed by atoms with E-state index in [4.69, 9.17) is 4.74 Å². The highest BCUT2D eigenvalue weighted by molar-refractivity contribution is 7.89. The monoisotopic (exact) mass is 420 g/mol. The molecule has 158 valence electrons. The number of carbonyl (C=O) groups is 1. The zero-order chi connectivity index (χ0) is 21.0. The molecule has 1 saturated heterocycles. The Morgan fingerprint density at radius 2 is 2.07 bits per heavy atom. The van der Waals surface area contributed by atoms with Crippen LogP contribution in [0.5, 0.6) is 5.75 Å². The summed E-state index contributed by atoms with van der Waals surface area (Å²) in [6.45, 7) is 5.38. The molecule has 0 saturated carbocycles. The molecule has 0 radical (unpaired) electrons. The first-order valence-electron chi connectivity index (χ1n) is 9.82. The number of rotatable bonds is 7. The van der Waals surface area contributed by atoms with Crippen molar-refractivity contribution in [2.24, 2.45) is 5.92 Å². The van der Waals surface area contributed by atoms with Gasteiger partial charge >= 0.3 is 0 Å². The molecule has 0 aliphatic carbocycles. The number of hydrogen-bond donors (Lipinski definition) is 2. The third kappa shape index (κ3) is 4.79. The highest BCUT2D eigenvalue weighted by atomic mass is 32.2. The van der Waals surface area contributed by atoms with Crippen LogP contribution in [0.15, 0.2) is 29.2 Å². The minimum absolute atomic E-state index is 0.0608. The topological polar surface area (TPSA) is 104 Å². The van der Waals surface area contributed by atoms with E-state index in [1.807, 2.05) is 13.8 Å². The molecule has 0 spiro atoms. The van der Waals surface area contributed by atoms with E-state index < -0.39 is 10.0 Å². The number of hydrogen-bond acceptors (Lipinski definition) is 5. The van der Waals surface area contributed by atoms with Gasteiger partial charge in [0.15, 0.2) is 5.69 Å². The summed E-state index contributed by atoms with van der Waals surface area (Å²) in [4.78, 5) is 14.8. The normalized spacial score (nSPS) is 17.3. The van der Waals surface area contributed by atoms with E-state index in [1.54, 1.807) is 17.0 Å². The molecule has 1 aromatic carbocycles. The number of aryl methyl sites for hydroxylation is 1. The van der Waals surface area contributed by atoms with E-state index in [0.717, 1.165) is 30.5 Å². The lowest BCUT2D eigenvalue weighted by Gasteiger charge is -2.32. The summed E-state index contributed by atoms with van der Waals surface area (Å²) >= 11 is 0. The smallest absolute Gasteiger partial charge is 0.274 e. The summed E-state index contributed by atoms with van der Waals surface area (Å²) in [5.41, 5.74) is 2.32. The highest BCUT2D eigenvalue weighted by Gasteiger charge is 2.28. The molecule has 2 N–H and O–H groups in total.